The third kappa shape index (κ3) is 2.12. The monoisotopic (exact) mass is 209 g/mol. The van der Waals surface area contributed by atoms with Crippen LogP contribution >= 0.6 is 0 Å². The van der Waals surface area contributed by atoms with Crippen molar-refractivity contribution in [2.75, 3.05) is 18.0 Å². The zero-order chi connectivity index (χ0) is 10.7. The lowest BCUT2D eigenvalue weighted by Gasteiger charge is -2.30. The Hall–Kier alpha value is -1.09. The number of piperidine rings is 1. The Morgan fingerprint density at radius 3 is 2.60 bits per heavy atom. The van der Waals surface area contributed by atoms with E-state index in [1.54, 1.807) is 12.1 Å². The average Bonchev–Trinajstić information content (AvgIpc) is 2.29. The number of anilines is 1. The summed E-state index contributed by atoms with van der Waals surface area (Å²) in [6.45, 7) is 1.70. The predicted molar refractivity (Wildman–Crippen MR) is 58.4 cm³/mol. The van der Waals surface area contributed by atoms with Gasteiger partial charge in [-0.1, -0.05) is 12.1 Å². The number of aliphatic hydroxyl groups is 1. The molecule has 2 rings (SSSR count). The molecule has 0 amide bonds. The molecule has 0 bridgehead atoms. The molecule has 1 aromatic rings. The highest BCUT2D eigenvalue weighted by molar-refractivity contribution is 5.54. The van der Waals surface area contributed by atoms with Crippen LogP contribution in [0.3, 0.4) is 0 Å². The van der Waals surface area contributed by atoms with E-state index in [1.807, 2.05) is 4.90 Å². The van der Waals surface area contributed by atoms with Gasteiger partial charge in [-0.3, -0.25) is 0 Å². The molecule has 82 valence electrons. The van der Waals surface area contributed by atoms with Gasteiger partial charge < -0.3 is 10.0 Å². The van der Waals surface area contributed by atoms with Crippen LogP contribution in [-0.2, 0) is 6.61 Å². The summed E-state index contributed by atoms with van der Waals surface area (Å²) in [6.07, 6.45) is 3.44. The summed E-state index contributed by atoms with van der Waals surface area (Å²) in [6, 6.07) is 4.89. The first-order valence-electron chi connectivity index (χ1n) is 5.46. The molecule has 1 heterocycles. The Kier molecular flexibility index (Phi) is 3.21. The molecule has 1 N–H and O–H groups in total. The van der Waals surface area contributed by atoms with E-state index in [1.165, 1.54) is 12.5 Å². The van der Waals surface area contributed by atoms with Crippen LogP contribution in [0.4, 0.5) is 10.1 Å². The van der Waals surface area contributed by atoms with Gasteiger partial charge in [0.25, 0.3) is 0 Å². The van der Waals surface area contributed by atoms with E-state index in [4.69, 9.17) is 0 Å². The molecule has 1 aromatic carbocycles. The maximum Gasteiger partial charge on any atom is 0.146 e. The van der Waals surface area contributed by atoms with Crippen molar-refractivity contribution in [2.45, 2.75) is 25.9 Å². The Morgan fingerprint density at radius 1 is 1.20 bits per heavy atom. The van der Waals surface area contributed by atoms with E-state index >= 15 is 0 Å². The molecule has 0 atom stereocenters. The average molecular weight is 209 g/mol. The molecular weight excluding hydrogens is 193 g/mol. The van der Waals surface area contributed by atoms with Crippen molar-refractivity contribution in [3.05, 3.63) is 29.6 Å². The van der Waals surface area contributed by atoms with Gasteiger partial charge in [0.2, 0.25) is 0 Å². The van der Waals surface area contributed by atoms with Gasteiger partial charge >= 0.3 is 0 Å². The SMILES string of the molecule is OCc1cccc(F)c1N1CCCCC1. The summed E-state index contributed by atoms with van der Waals surface area (Å²) >= 11 is 0. The number of nitrogens with zero attached hydrogens (tertiary/aromatic N) is 1. The van der Waals surface area contributed by atoms with Crippen LogP contribution < -0.4 is 4.90 Å². The zero-order valence-corrected chi connectivity index (χ0v) is 8.75. The Morgan fingerprint density at radius 2 is 1.93 bits per heavy atom. The van der Waals surface area contributed by atoms with Crippen molar-refractivity contribution in [3.63, 3.8) is 0 Å². The third-order valence-electron chi connectivity index (χ3n) is 2.91. The van der Waals surface area contributed by atoms with Gasteiger partial charge in [0.15, 0.2) is 0 Å². The van der Waals surface area contributed by atoms with Crippen molar-refractivity contribution in [2.24, 2.45) is 0 Å². The molecule has 1 aliphatic heterocycles. The number of halogens is 1. The van der Waals surface area contributed by atoms with Gasteiger partial charge in [0, 0.05) is 18.7 Å². The molecule has 0 saturated carbocycles. The van der Waals surface area contributed by atoms with E-state index in [9.17, 15) is 9.50 Å². The van der Waals surface area contributed by atoms with Crippen molar-refractivity contribution < 1.29 is 9.50 Å². The number of hydrogen-bond donors (Lipinski definition) is 1. The largest absolute Gasteiger partial charge is 0.392 e. The smallest absolute Gasteiger partial charge is 0.146 e. The summed E-state index contributed by atoms with van der Waals surface area (Å²) < 4.78 is 13.7. The molecule has 0 aromatic heterocycles. The summed E-state index contributed by atoms with van der Waals surface area (Å²) in [5, 5.41) is 9.18. The molecule has 3 heteroatoms. The third-order valence-corrected chi connectivity index (χ3v) is 2.91. The molecule has 1 saturated heterocycles. The van der Waals surface area contributed by atoms with Gasteiger partial charge in [0.1, 0.15) is 5.82 Å². The van der Waals surface area contributed by atoms with Crippen molar-refractivity contribution in [3.8, 4) is 0 Å². The molecule has 0 radical (unpaired) electrons. The van der Waals surface area contributed by atoms with Crippen molar-refractivity contribution in [1.82, 2.24) is 0 Å². The van der Waals surface area contributed by atoms with Gasteiger partial charge in [-0.25, -0.2) is 4.39 Å². The van der Waals surface area contributed by atoms with Crippen LogP contribution in [0, 0.1) is 5.82 Å². The predicted octanol–water partition coefficient (Wildman–Crippen LogP) is 2.31. The lowest BCUT2D eigenvalue weighted by Crippen LogP contribution is -2.31. The molecular formula is C12H16FNO. The topological polar surface area (TPSA) is 23.5 Å². The van der Waals surface area contributed by atoms with E-state index < -0.39 is 0 Å². The fourth-order valence-electron chi connectivity index (χ4n) is 2.16. The molecule has 0 unspecified atom stereocenters. The summed E-state index contributed by atoms with van der Waals surface area (Å²) in [5.74, 6) is -0.219. The van der Waals surface area contributed by atoms with Crippen LogP contribution in [0.2, 0.25) is 0 Å². The first kappa shape index (κ1) is 10.4. The van der Waals surface area contributed by atoms with E-state index in [2.05, 4.69) is 0 Å². The van der Waals surface area contributed by atoms with Crippen LogP contribution in [-0.4, -0.2) is 18.2 Å². The number of rotatable bonds is 2. The first-order valence-corrected chi connectivity index (χ1v) is 5.46. The van der Waals surface area contributed by atoms with E-state index in [0.717, 1.165) is 25.9 Å². The van der Waals surface area contributed by atoms with Gasteiger partial charge in [-0.15, -0.1) is 0 Å². The number of hydrogen-bond acceptors (Lipinski definition) is 2. The van der Waals surface area contributed by atoms with Crippen LogP contribution in [0.1, 0.15) is 24.8 Å². The van der Waals surface area contributed by atoms with Crippen LogP contribution in [0.15, 0.2) is 18.2 Å². The van der Waals surface area contributed by atoms with E-state index in [0.29, 0.717) is 11.3 Å². The second-order valence-corrected chi connectivity index (χ2v) is 3.95. The fourth-order valence-corrected chi connectivity index (χ4v) is 2.16. The zero-order valence-electron chi connectivity index (χ0n) is 8.75. The standard InChI is InChI=1S/C12H16FNO/c13-11-6-4-5-10(9-15)12(11)14-7-2-1-3-8-14/h4-6,15H,1-3,7-9H2. The highest BCUT2D eigenvalue weighted by Crippen LogP contribution is 2.27. The maximum absolute atomic E-state index is 13.7. The van der Waals surface area contributed by atoms with Gasteiger partial charge in [-0.05, 0) is 25.3 Å². The van der Waals surface area contributed by atoms with Crippen molar-refractivity contribution in [1.29, 1.82) is 0 Å². The molecule has 1 fully saturated rings. The maximum atomic E-state index is 13.7. The van der Waals surface area contributed by atoms with Crippen LogP contribution in [0.25, 0.3) is 0 Å². The van der Waals surface area contributed by atoms with Gasteiger partial charge in [-0.2, -0.15) is 0 Å². The number of para-hydroxylation sites is 1. The molecule has 0 aliphatic carbocycles. The fraction of sp³-hybridized carbons (Fsp3) is 0.500. The van der Waals surface area contributed by atoms with Gasteiger partial charge in [0.05, 0.1) is 12.3 Å². The summed E-state index contributed by atoms with van der Waals surface area (Å²) in [4.78, 5) is 2.05. The Labute approximate surface area is 89.3 Å². The second kappa shape index (κ2) is 4.62. The van der Waals surface area contributed by atoms with Crippen LogP contribution in [0.5, 0.6) is 0 Å². The summed E-state index contributed by atoms with van der Waals surface area (Å²) in [5.41, 5.74) is 1.29. The normalized spacial score (nSPS) is 16.8. The summed E-state index contributed by atoms with van der Waals surface area (Å²) in [7, 11) is 0. The highest BCUT2D eigenvalue weighted by atomic mass is 19.1. The number of aliphatic hydroxyl groups excluding tert-OH is 1. The van der Waals surface area contributed by atoms with E-state index in [-0.39, 0.29) is 12.4 Å². The minimum Gasteiger partial charge on any atom is -0.392 e. The second-order valence-electron chi connectivity index (χ2n) is 3.95. The minimum absolute atomic E-state index is 0.0937. The molecule has 1 aliphatic rings. The Bertz CT molecular complexity index is 334. The molecule has 0 spiro atoms. The Balaban J connectivity index is 2.31. The molecule has 15 heavy (non-hydrogen) atoms. The lowest BCUT2D eigenvalue weighted by atomic mass is 10.1. The quantitative estimate of drug-likeness (QED) is 0.808. The molecule has 2 nitrogen and oxygen atoms in total. The highest BCUT2D eigenvalue weighted by Gasteiger charge is 2.17. The first-order chi connectivity index (χ1) is 7.33. The lowest BCUT2D eigenvalue weighted by molar-refractivity contribution is 0.281. The number of benzene rings is 1. The minimum atomic E-state index is -0.219. The van der Waals surface area contributed by atoms with Crippen molar-refractivity contribution >= 4 is 5.69 Å².